The Morgan fingerprint density at radius 1 is 0.880 bits per heavy atom. The van der Waals surface area contributed by atoms with Crippen LogP contribution in [0.15, 0.2) is 66.7 Å². The smallest absolute Gasteiger partial charge is 0.261 e. The lowest BCUT2D eigenvalue weighted by Crippen LogP contribution is -2.50. The van der Waals surface area contributed by atoms with Crippen molar-refractivity contribution in [1.82, 2.24) is 4.90 Å². The van der Waals surface area contributed by atoms with Crippen LogP contribution in [-0.2, 0) is 0 Å². The molecule has 0 unspecified atom stereocenters. The Hall–Kier alpha value is -2.92. The minimum absolute atomic E-state index is 0.0693. The molecule has 2 N–H and O–H groups in total. The van der Waals surface area contributed by atoms with Crippen LogP contribution in [0, 0.1) is 0 Å². The van der Waals surface area contributed by atoms with Crippen LogP contribution in [0.2, 0.25) is 0 Å². The van der Waals surface area contributed by atoms with Gasteiger partial charge in [-0.1, -0.05) is 42.5 Å². The summed E-state index contributed by atoms with van der Waals surface area (Å²) in [6.45, 7) is 0. The second kappa shape index (κ2) is 6.18. The van der Waals surface area contributed by atoms with Crippen LogP contribution in [0.1, 0.15) is 27.1 Å². The topological polar surface area (TPSA) is 69.6 Å². The van der Waals surface area contributed by atoms with Crippen molar-refractivity contribution < 1.29 is 14.7 Å². The molecule has 25 heavy (non-hydrogen) atoms. The number of hydrogen-bond donors (Lipinski definition) is 2. The molecule has 1 aliphatic heterocycles. The number of carbonyl (C=O) groups excluding carboxylic acids is 2. The Kier molecular flexibility index (Phi) is 3.86. The summed E-state index contributed by atoms with van der Waals surface area (Å²) in [5, 5.41) is 13.7. The highest BCUT2D eigenvalue weighted by Gasteiger charge is 2.43. The molecule has 0 radical (unpaired) electrons. The zero-order valence-electron chi connectivity index (χ0n) is 13.5. The van der Waals surface area contributed by atoms with Crippen LogP contribution in [0.25, 0.3) is 0 Å². The van der Waals surface area contributed by atoms with E-state index in [0.29, 0.717) is 17.5 Å². The zero-order chi connectivity index (χ0) is 17.4. The third kappa shape index (κ3) is 2.72. The van der Waals surface area contributed by atoms with Gasteiger partial charge in [-0.3, -0.25) is 14.5 Å². The molecule has 2 amide bonds. The number of nitrogens with one attached hydrogen (secondary N) is 1. The lowest BCUT2D eigenvalue weighted by molar-refractivity contribution is 0.0397. The van der Waals surface area contributed by atoms with Gasteiger partial charge in [-0.25, -0.2) is 0 Å². The number of benzene rings is 2. The van der Waals surface area contributed by atoms with Crippen molar-refractivity contribution in [3.8, 4) is 0 Å². The van der Waals surface area contributed by atoms with E-state index in [1.807, 2.05) is 36.4 Å². The minimum Gasteiger partial charge on any atom is -0.387 e. The standard InChI is InChI=1S/C20H18N2O3/c23-18-11-10-14(21-13-6-2-1-3-7-13)12-17(18)22-19(24)15-8-4-5-9-16(15)20(22)25/h1-11,14,17-18,21,23H,12H2/t14-,17+,18+/m0/s1. The number of aliphatic hydroxyl groups is 1. The molecule has 3 atom stereocenters. The molecule has 1 aliphatic carbocycles. The molecule has 0 saturated carbocycles. The molecular formula is C20H18N2O3. The van der Waals surface area contributed by atoms with Crippen molar-refractivity contribution in [2.24, 2.45) is 0 Å². The first-order chi connectivity index (χ1) is 12.1. The molecule has 2 aliphatic rings. The summed E-state index contributed by atoms with van der Waals surface area (Å²) >= 11 is 0. The van der Waals surface area contributed by atoms with E-state index in [0.717, 1.165) is 5.69 Å². The van der Waals surface area contributed by atoms with Crippen LogP contribution in [-0.4, -0.2) is 40.0 Å². The average molecular weight is 334 g/mol. The molecular weight excluding hydrogens is 316 g/mol. The minimum atomic E-state index is -0.865. The molecule has 4 rings (SSSR count). The molecule has 1 heterocycles. The maximum atomic E-state index is 12.7. The Labute approximate surface area is 145 Å². The van der Waals surface area contributed by atoms with Crippen LogP contribution >= 0.6 is 0 Å². The van der Waals surface area contributed by atoms with Crippen molar-refractivity contribution in [1.29, 1.82) is 0 Å². The van der Waals surface area contributed by atoms with E-state index in [9.17, 15) is 14.7 Å². The van der Waals surface area contributed by atoms with Crippen LogP contribution in [0.4, 0.5) is 5.69 Å². The van der Waals surface area contributed by atoms with E-state index in [1.54, 1.807) is 30.3 Å². The SMILES string of the molecule is O=C1c2ccccc2C(=O)N1[C@@H]1C[C@@H](Nc2ccccc2)C=C[C@H]1O. The van der Waals surface area contributed by atoms with Gasteiger partial charge in [-0.05, 0) is 30.7 Å². The predicted octanol–water partition coefficient (Wildman–Crippen LogP) is 2.45. The van der Waals surface area contributed by atoms with E-state index in [2.05, 4.69) is 5.32 Å². The lowest BCUT2D eigenvalue weighted by atomic mass is 9.93. The molecule has 0 fully saturated rings. The lowest BCUT2D eigenvalue weighted by Gasteiger charge is -2.34. The van der Waals surface area contributed by atoms with Gasteiger partial charge in [0, 0.05) is 11.7 Å². The number of carbonyl (C=O) groups is 2. The Morgan fingerprint density at radius 2 is 1.48 bits per heavy atom. The number of para-hydroxylation sites is 1. The van der Waals surface area contributed by atoms with E-state index in [-0.39, 0.29) is 17.9 Å². The second-order valence-corrected chi connectivity index (χ2v) is 6.32. The number of amides is 2. The second-order valence-electron chi connectivity index (χ2n) is 6.32. The molecule has 5 heteroatoms. The summed E-state index contributed by atoms with van der Waals surface area (Å²) in [6.07, 6.45) is 3.12. The number of rotatable bonds is 3. The highest BCUT2D eigenvalue weighted by Crippen LogP contribution is 2.30. The normalized spacial score (nSPS) is 25.2. The first-order valence-corrected chi connectivity index (χ1v) is 8.30. The highest BCUT2D eigenvalue weighted by atomic mass is 16.3. The van der Waals surface area contributed by atoms with Crippen molar-refractivity contribution in [3.05, 3.63) is 77.9 Å². The summed E-state index contributed by atoms with van der Waals surface area (Å²) in [7, 11) is 0. The summed E-state index contributed by atoms with van der Waals surface area (Å²) < 4.78 is 0. The average Bonchev–Trinajstić information content (AvgIpc) is 2.89. The first-order valence-electron chi connectivity index (χ1n) is 8.30. The molecule has 0 bridgehead atoms. The molecule has 0 saturated heterocycles. The highest BCUT2D eigenvalue weighted by molar-refractivity contribution is 6.21. The molecule has 2 aromatic carbocycles. The van der Waals surface area contributed by atoms with Gasteiger partial charge in [0.05, 0.1) is 23.3 Å². The summed E-state index contributed by atoms with van der Waals surface area (Å²) in [5.41, 5.74) is 1.76. The maximum absolute atomic E-state index is 12.7. The first kappa shape index (κ1) is 15.6. The van der Waals surface area contributed by atoms with Gasteiger partial charge in [0.25, 0.3) is 11.8 Å². The van der Waals surface area contributed by atoms with Crippen molar-refractivity contribution in [2.75, 3.05) is 5.32 Å². The summed E-state index contributed by atoms with van der Waals surface area (Å²) in [5.74, 6) is -0.670. The van der Waals surface area contributed by atoms with Gasteiger partial charge in [0.1, 0.15) is 0 Å². The number of fused-ring (bicyclic) bond motifs is 1. The Balaban J connectivity index is 1.57. The van der Waals surface area contributed by atoms with Crippen LogP contribution in [0.3, 0.4) is 0 Å². The zero-order valence-corrected chi connectivity index (χ0v) is 13.5. The summed E-state index contributed by atoms with van der Waals surface area (Å²) in [6, 6.07) is 15.9. The van der Waals surface area contributed by atoms with Crippen molar-refractivity contribution in [2.45, 2.75) is 24.6 Å². The van der Waals surface area contributed by atoms with Gasteiger partial charge in [0.15, 0.2) is 0 Å². The quantitative estimate of drug-likeness (QED) is 0.668. The molecule has 126 valence electrons. The van der Waals surface area contributed by atoms with Gasteiger partial charge in [0.2, 0.25) is 0 Å². The fourth-order valence-corrected chi connectivity index (χ4v) is 3.48. The number of hydrogen-bond acceptors (Lipinski definition) is 4. The number of aliphatic hydroxyl groups excluding tert-OH is 1. The third-order valence-corrected chi connectivity index (χ3v) is 4.71. The molecule has 2 aromatic rings. The third-order valence-electron chi connectivity index (χ3n) is 4.71. The predicted molar refractivity (Wildman–Crippen MR) is 94.3 cm³/mol. The maximum Gasteiger partial charge on any atom is 0.261 e. The van der Waals surface area contributed by atoms with Crippen molar-refractivity contribution in [3.63, 3.8) is 0 Å². The van der Waals surface area contributed by atoms with Crippen molar-refractivity contribution >= 4 is 17.5 Å². The van der Waals surface area contributed by atoms with E-state index >= 15 is 0 Å². The fourth-order valence-electron chi connectivity index (χ4n) is 3.48. The van der Waals surface area contributed by atoms with Gasteiger partial charge < -0.3 is 10.4 Å². The van der Waals surface area contributed by atoms with Gasteiger partial charge >= 0.3 is 0 Å². The molecule has 0 aromatic heterocycles. The molecule has 5 nitrogen and oxygen atoms in total. The fraction of sp³-hybridized carbons (Fsp3) is 0.200. The largest absolute Gasteiger partial charge is 0.387 e. The number of anilines is 1. The monoisotopic (exact) mass is 334 g/mol. The Bertz CT molecular complexity index is 812. The number of nitrogens with zero attached hydrogens (tertiary/aromatic N) is 1. The number of imide groups is 1. The van der Waals surface area contributed by atoms with Gasteiger partial charge in [-0.15, -0.1) is 0 Å². The van der Waals surface area contributed by atoms with E-state index in [1.165, 1.54) is 4.90 Å². The Morgan fingerprint density at radius 3 is 2.12 bits per heavy atom. The van der Waals surface area contributed by atoms with E-state index in [4.69, 9.17) is 0 Å². The van der Waals surface area contributed by atoms with Gasteiger partial charge in [-0.2, -0.15) is 0 Å². The molecule has 0 spiro atoms. The van der Waals surface area contributed by atoms with E-state index < -0.39 is 12.1 Å². The van der Waals surface area contributed by atoms with Crippen LogP contribution < -0.4 is 5.32 Å². The summed E-state index contributed by atoms with van der Waals surface area (Å²) in [4.78, 5) is 26.5. The van der Waals surface area contributed by atoms with Crippen LogP contribution in [0.5, 0.6) is 0 Å².